The van der Waals surface area contributed by atoms with Crippen molar-refractivity contribution in [3.05, 3.63) is 64.7 Å². The second kappa shape index (κ2) is 7.25. The summed E-state index contributed by atoms with van der Waals surface area (Å²) in [7, 11) is 0. The fourth-order valence-corrected chi connectivity index (χ4v) is 2.34. The monoisotopic (exact) mass is 303 g/mol. The summed E-state index contributed by atoms with van der Waals surface area (Å²) in [4.78, 5) is 12.0. The number of rotatable bonds is 5. The molecule has 4 heteroatoms. The van der Waals surface area contributed by atoms with E-state index >= 15 is 0 Å². The molecule has 2 rings (SSSR count). The van der Waals surface area contributed by atoms with Crippen LogP contribution in [0.1, 0.15) is 24.1 Å². The van der Waals surface area contributed by atoms with E-state index in [1.165, 1.54) is 0 Å². The van der Waals surface area contributed by atoms with Crippen molar-refractivity contribution in [2.75, 3.05) is 11.9 Å². The average molecular weight is 304 g/mol. The van der Waals surface area contributed by atoms with Gasteiger partial charge in [0, 0.05) is 16.3 Å². The Balaban J connectivity index is 1.86. The Kier molecular flexibility index (Phi) is 5.37. The average Bonchev–Trinajstić information content (AvgIpc) is 2.45. The van der Waals surface area contributed by atoms with Crippen molar-refractivity contribution in [3.63, 3.8) is 0 Å². The first-order chi connectivity index (χ1) is 10.0. The number of nitrogens with one attached hydrogen (secondary N) is 1. The van der Waals surface area contributed by atoms with Crippen LogP contribution < -0.4 is 10.6 Å². The summed E-state index contributed by atoms with van der Waals surface area (Å²) >= 11 is 5.98. The molecule has 0 bridgehead atoms. The number of halogens is 1. The minimum atomic E-state index is -0.00511. The number of hydrogen-bond acceptors (Lipinski definition) is 1. The SMILES string of the molecule is Cc1cccc(NC(=O)C[NH2+][C@@H](C)c2cccc(Cl)c2)c1. The van der Waals surface area contributed by atoms with E-state index in [1.807, 2.05) is 60.8 Å². The molecule has 3 N–H and O–H groups in total. The highest BCUT2D eigenvalue weighted by atomic mass is 35.5. The lowest BCUT2D eigenvalue weighted by Gasteiger charge is -2.11. The fourth-order valence-electron chi connectivity index (χ4n) is 2.14. The van der Waals surface area contributed by atoms with Crippen molar-refractivity contribution in [1.29, 1.82) is 0 Å². The smallest absolute Gasteiger partial charge is 0.279 e. The van der Waals surface area contributed by atoms with Gasteiger partial charge in [0.25, 0.3) is 5.91 Å². The second-order valence-electron chi connectivity index (χ2n) is 5.20. The maximum atomic E-state index is 12.0. The zero-order valence-corrected chi connectivity index (χ0v) is 13.0. The van der Waals surface area contributed by atoms with Crippen LogP contribution in [0, 0.1) is 6.92 Å². The topological polar surface area (TPSA) is 45.7 Å². The van der Waals surface area contributed by atoms with E-state index in [1.54, 1.807) is 0 Å². The highest BCUT2D eigenvalue weighted by molar-refractivity contribution is 6.30. The van der Waals surface area contributed by atoms with Gasteiger partial charge < -0.3 is 10.6 Å². The molecule has 2 aromatic rings. The van der Waals surface area contributed by atoms with Crippen LogP contribution in [0.3, 0.4) is 0 Å². The van der Waals surface area contributed by atoms with Crippen LogP contribution in [0.2, 0.25) is 5.02 Å². The molecule has 1 amide bonds. The zero-order chi connectivity index (χ0) is 15.2. The lowest BCUT2D eigenvalue weighted by Crippen LogP contribution is -2.86. The van der Waals surface area contributed by atoms with Crippen molar-refractivity contribution in [3.8, 4) is 0 Å². The van der Waals surface area contributed by atoms with Crippen LogP contribution in [-0.4, -0.2) is 12.5 Å². The molecule has 0 aliphatic heterocycles. The van der Waals surface area contributed by atoms with E-state index in [0.717, 1.165) is 21.8 Å². The van der Waals surface area contributed by atoms with Gasteiger partial charge in [0.05, 0.1) is 0 Å². The Bertz CT molecular complexity index is 628. The van der Waals surface area contributed by atoms with Gasteiger partial charge in [-0.25, -0.2) is 0 Å². The van der Waals surface area contributed by atoms with Gasteiger partial charge in [0.2, 0.25) is 0 Å². The molecular formula is C17H20ClN2O+. The van der Waals surface area contributed by atoms with Gasteiger partial charge in [0.15, 0.2) is 6.54 Å². The Morgan fingerprint density at radius 1 is 1.24 bits per heavy atom. The number of hydrogen-bond donors (Lipinski definition) is 2. The van der Waals surface area contributed by atoms with Gasteiger partial charge >= 0.3 is 0 Å². The molecule has 1 atom stereocenters. The standard InChI is InChI=1S/C17H19ClN2O/c1-12-5-3-8-16(9-12)20-17(21)11-19-13(2)14-6-4-7-15(18)10-14/h3-10,13,19H,11H2,1-2H3,(H,20,21)/p+1/t13-/m0/s1. The maximum absolute atomic E-state index is 12.0. The Hall–Kier alpha value is -1.84. The number of benzene rings is 2. The molecule has 2 aromatic carbocycles. The third-order valence-electron chi connectivity index (χ3n) is 3.33. The minimum absolute atomic E-state index is 0.00511. The van der Waals surface area contributed by atoms with E-state index < -0.39 is 0 Å². The molecule has 0 aliphatic carbocycles. The van der Waals surface area contributed by atoms with Crippen molar-refractivity contribution in [2.24, 2.45) is 0 Å². The van der Waals surface area contributed by atoms with Gasteiger partial charge in [-0.05, 0) is 43.7 Å². The van der Waals surface area contributed by atoms with Crippen LogP contribution >= 0.6 is 11.6 Å². The van der Waals surface area contributed by atoms with Crippen molar-refractivity contribution in [1.82, 2.24) is 0 Å². The number of quaternary nitrogens is 1. The molecule has 3 nitrogen and oxygen atoms in total. The molecule has 0 aliphatic rings. The highest BCUT2D eigenvalue weighted by Gasteiger charge is 2.11. The molecule has 21 heavy (non-hydrogen) atoms. The van der Waals surface area contributed by atoms with Gasteiger partial charge in [-0.1, -0.05) is 35.9 Å². The zero-order valence-electron chi connectivity index (χ0n) is 12.3. The summed E-state index contributed by atoms with van der Waals surface area (Å²) in [6, 6.07) is 15.7. The van der Waals surface area contributed by atoms with E-state index in [4.69, 9.17) is 11.6 Å². The normalized spacial score (nSPS) is 12.0. The molecule has 0 fully saturated rings. The summed E-state index contributed by atoms with van der Waals surface area (Å²) in [5.41, 5.74) is 3.08. The molecule has 0 spiro atoms. The lowest BCUT2D eigenvalue weighted by molar-refractivity contribution is -0.682. The third kappa shape index (κ3) is 4.88. The molecule has 110 valence electrons. The second-order valence-corrected chi connectivity index (χ2v) is 5.64. The van der Waals surface area contributed by atoms with Crippen LogP contribution in [-0.2, 0) is 4.79 Å². The first-order valence-electron chi connectivity index (χ1n) is 7.00. The third-order valence-corrected chi connectivity index (χ3v) is 3.57. The molecule has 0 radical (unpaired) electrons. The molecule has 0 heterocycles. The van der Waals surface area contributed by atoms with Crippen LogP contribution in [0.25, 0.3) is 0 Å². The Labute approximate surface area is 130 Å². The summed E-state index contributed by atoms with van der Waals surface area (Å²) in [6.45, 7) is 4.44. The highest BCUT2D eigenvalue weighted by Crippen LogP contribution is 2.14. The predicted octanol–water partition coefficient (Wildman–Crippen LogP) is 2.91. The number of aryl methyl sites for hydroxylation is 1. The molecule has 0 aromatic heterocycles. The van der Waals surface area contributed by atoms with Crippen molar-refractivity contribution < 1.29 is 10.1 Å². The molecule has 0 unspecified atom stereocenters. The molecule has 0 saturated heterocycles. The quantitative estimate of drug-likeness (QED) is 0.876. The van der Waals surface area contributed by atoms with Crippen LogP contribution in [0.5, 0.6) is 0 Å². The van der Waals surface area contributed by atoms with Crippen molar-refractivity contribution in [2.45, 2.75) is 19.9 Å². The summed E-state index contributed by atoms with van der Waals surface area (Å²) in [5.74, 6) is -0.00511. The van der Waals surface area contributed by atoms with E-state index in [2.05, 4.69) is 12.2 Å². The van der Waals surface area contributed by atoms with Crippen LogP contribution in [0.4, 0.5) is 5.69 Å². The van der Waals surface area contributed by atoms with E-state index in [-0.39, 0.29) is 11.9 Å². The largest absolute Gasteiger partial charge is 0.333 e. The number of carbonyl (C=O) groups excluding carboxylic acids is 1. The minimum Gasteiger partial charge on any atom is -0.333 e. The first-order valence-corrected chi connectivity index (χ1v) is 7.37. The fraction of sp³-hybridized carbons (Fsp3) is 0.235. The number of anilines is 1. The van der Waals surface area contributed by atoms with E-state index in [9.17, 15) is 4.79 Å². The summed E-state index contributed by atoms with van der Waals surface area (Å²) in [6.07, 6.45) is 0. The molecular weight excluding hydrogens is 284 g/mol. The van der Waals surface area contributed by atoms with Gasteiger partial charge in [0.1, 0.15) is 6.04 Å². The predicted molar refractivity (Wildman–Crippen MR) is 86.5 cm³/mol. The summed E-state index contributed by atoms with van der Waals surface area (Å²) in [5, 5.41) is 5.62. The maximum Gasteiger partial charge on any atom is 0.279 e. The van der Waals surface area contributed by atoms with Gasteiger partial charge in [-0.15, -0.1) is 0 Å². The van der Waals surface area contributed by atoms with E-state index in [0.29, 0.717) is 6.54 Å². The first kappa shape index (κ1) is 15.5. The Morgan fingerprint density at radius 2 is 2.00 bits per heavy atom. The Morgan fingerprint density at radius 3 is 2.71 bits per heavy atom. The van der Waals surface area contributed by atoms with Crippen molar-refractivity contribution >= 4 is 23.2 Å². The summed E-state index contributed by atoms with van der Waals surface area (Å²) < 4.78 is 0. The number of amides is 1. The lowest BCUT2D eigenvalue weighted by atomic mass is 10.1. The molecule has 0 saturated carbocycles. The van der Waals surface area contributed by atoms with Gasteiger partial charge in [-0.3, -0.25) is 4.79 Å². The van der Waals surface area contributed by atoms with Gasteiger partial charge in [-0.2, -0.15) is 0 Å². The number of carbonyl (C=O) groups is 1. The van der Waals surface area contributed by atoms with Crippen LogP contribution in [0.15, 0.2) is 48.5 Å². The number of nitrogens with two attached hydrogens (primary N) is 1.